The highest BCUT2D eigenvalue weighted by molar-refractivity contribution is 5.30. The zero-order valence-electron chi connectivity index (χ0n) is 12.3. The van der Waals surface area contributed by atoms with Gasteiger partial charge in [0.1, 0.15) is 5.82 Å². The van der Waals surface area contributed by atoms with Crippen LogP contribution in [-0.4, -0.2) is 23.2 Å². The lowest BCUT2D eigenvalue weighted by molar-refractivity contribution is 0.328. The first-order valence-electron chi connectivity index (χ1n) is 6.70. The molecular formula is C15H20FN3O. The predicted molar refractivity (Wildman–Crippen MR) is 75.1 cm³/mol. The standard InChI is InChI=1S/C15H20FN3O/c1-10(17-4)8-13-18-14(20-19-13)15(2,3)11-6-5-7-12(16)9-11/h5-7,9-10,17H,8H2,1-4H3. The third-order valence-electron chi connectivity index (χ3n) is 3.53. The Hall–Kier alpha value is -1.75. The molecule has 108 valence electrons. The maximum atomic E-state index is 13.4. The largest absolute Gasteiger partial charge is 0.338 e. The van der Waals surface area contributed by atoms with E-state index in [9.17, 15) is 4.39 Å². The van der Waals surface area contributed by atoms with Gasteiger partial charge in [0.2, 0.25) is 5.89 Å². The Kier molecular flexibility index (Phi) is 4.18. The number of nitrogens with zero attached hydrogens (tertiary/aromatic N) is 2. The number of halogens is 1. The fraction of sp³-hybridized carbons (Fsp3) is 0.467. The highest BCUT2D eigenvalue weighted by atomic mass is 19.1. The van der Waals surface area contributed by atoms with E-state index in [0.29, 0.717) is 18.1 Å². The summed E-state index contributed by atoms with van der Waals surface area (Å²) in [7, 11) is 1.89. The second-order valence-electron chi connectivity index (χ2n) is 5.54. The topological polar surface area (TPSA) is 51.0 Å². The van der Waals surface area contributed by atoms with Crippen LogP contribution in [0.3, 0.4) is 0 Å². The summed E-state index contributed by atoms with van der Waals surface area (Å²) in [5.74, 6) is 0.895. The third kappa shape index (κ3) is 3.04. The maximum absolute atomic E-state index is 13.4. The van der Waals surface area contributed by atoms with Crippen LogP contribution in [0.4, 0.5) is 4.39 Å². The molecule has 1 aromatic carbocycles. The molecule has 0 aliphatic heterocycles. The van der Waals surface area contributed by atoms with Gasteiger partial charge >= 0.3 is 0 Å². The minimum absolute atomic E-state index is 0.265. The van der Waals surface area contributed by atoms with Crippen LogP contribution in [0.1, 0.15) is 38.0 Å². The van der Waals surface area contributed by atoms with Gasteiger partial charge in [-0.2, -0.15) is 4.98 Å². The van der Waals surface area contributed by atoms with Gasteiger partial charge in [-0.3, -0.25) is 0 Å². The van der Waals surface area contributed by atoms with Crippen LogP contribution < -0.4 is 5.32 Å². The maximum Gasteiger partial charge on any atom is 0.236 e. The van der Waals surface area contributed by atoms with Crippen molar-refractivity contribution in [2.45, 2.75) is 38.6 Å². The summed E-state index contributed by atoms with van der Waals surface area (Å²) >= 11 is 0. The number of hydrogen-bond donors (Lipinski definition) is 1. The van der Waals surface area contributed by atoms with E-state index >= 15 is 0 Å². The van der Waals surface area contributed by atoms with Crippen molar-refractivity contribution in [1.29, 1.82) is 0 Å². The molecule has 20 heavy (non-hydrogen) atoms. The molecule has 1 atom stereocenters. The van der Waals surface area contributed by atoms with E-state index < -0.39 is 5.41 Å². The Balaban J connectivity index is 2.26. The van der Waals surface area contributed by atoms with Gasteiger partial charge in [-0.15, -0.1) is 0 Å². The quantitative estimate of drug-likeness (QED) is 0.913. The Bertz CT molecular complexity index is 580. The molecule has 0 saturated heterocycles. The predicted octanol–water partition coefficient (Wildman–Crippen LogP) is 2.69. The Morgan fingerprint density at radius 2 is 2.15 bits per heavy atom. The SMILES string of the molecule is CNC(C)Cc1noc(C(C)(C)c2cccc(F)c2)n1. The summed E-state index contributed by atoms with van der Waals surface area (Å²) in [5.41, 5.74) is 0.297. The molecular weight excluding hydrogens is 257 g/mol. The van der Waals surface area contributed by atoms with E-state index in [2.05, 4.69) is 15.5 Å². The molecule has 0 radical (unpaired) electrons. The second-order valence-corrected chi connectivity index (χ2v) is 5.54. The highest BCUT2D eigenvalue weighted by Gasteiger charge is 2.30. The fourth-order valence-corrected chi connectivity index (χ4v) is 1.97. The highest BCUT2D eigenvalue weighted by Crippen LogP contribution is 2.30. The van der Waals surface area contributed by atoms with Gasteiger partial charge in [0, 0.05) is 12.5 Å². The van der Waals surface area contributed by atoms with Crippen LogP contribution in [-0.2, 0) is 11.8 Å². The van der Waals surface area contributed by atoms with Crippen LogP contribution >= 0.6 is 0 Å². The summed E-state index contributed by atoms with van der Waals surface area (Å²) < 4.78 is 18.7. The zero-order valence-corrected chi connectivity index (χ0v) is 12.3. The molecule has 0 aliphatic carbocycles. The van der Waals surface area contributed by atoms with E-state index in [0.717, 1.165) is 5.56 Å². The lowest BCUT2D eigenvalue weighted by Gasteiger charge is -2.20. The molecule has 1 heterocycles. The van der Waals surface area contributed by atoms with Gasteiger partial charge in [-0.05, 0) is 45.5 Å². The van der Waals surface area contributed by atoms with Crippen LogP contribution in [0.2, 0.25) is 0 Å². The molecule has 5 heteroatoms. The number of likely N-dealkylation sites (N-methyl/N-ethyl adjacent to an activating group) is 1. The molecule has 0 fully saturated rings. The zero-order chi connectivity index (χ0) is 14.8. The van der Waals surface area contributed by atoms with Gasteiger partial charge in [0.05, 0.1) is 5.41 Å². The summed E-state index contributed by atoms with van der Waals surface area (Å²) in [5, 5.41) is 7.13. The van der Waals surface area contributed by atoms with Crippen LogP contribution in [0.15, 0.2) is 28.8 Å². The fourth-order valence-electron chi connectivity index (χ4n) is 1.97. The molecule has 0 amide bonds. The van der Waals surface area contributed by atoms with Crippen molar-refractivity contribution in [2.75, 3.05) is 7.05 Å². The monoisotopic (exact) mass is 277 g/mol. The summed E-state index contributed by atoms with van der Waals surface area (Å²) in [6.07, 6.45) is 0.694. The van der Waals surface area contributed by atoms with Gasteiger partial charge < -0.3 is 9.84 Å². The molecule has 1 aromatic heterocycles. The second kappa shape index (κ2) is 5.71. The van der Waals surface area contributed by atoms with Crippen molar-refractivity contribution >= 4 is 0 Å². The molecule has 0 spiro atoms. The Morgan fingerprint density at radius 3 is 2.80 bits per heavy atom. The molecule has 4 nitrogen and oxygen atoms in total. The number of rotatable bonds is 5. The average molecular weight is 277 g/mol. The number of nitrogens with one attached hydrogen (secondary N) is 1. The normalized spacial score (nSPS) is 13.4. The van der Waals surface area contributed by atoms with Gasteiger partial charge in [-0.1, -0.05) is 17.3 Å². The molecule has 2 rings (SSSR count). The van der Waals surface area contributed by atoms with E-state index in [-0.39, 0.29) is 11.9 Å². The number of aromatic nitrogens is 2. The van der Waals surface area contributed by atoms with E-state index in [1.54, 1.807) is 6.07 Å². The molecule has 1 unspecified atom stereocenters. The van der Waals surface area contributed by atoms with Crippen molar-refractivity contribution in [3.05, 3.63) is 47.4 Å². The van der Waals surface area contributed by atoms with Gasteiger partial charge in [-0.25, -0.2) is 4.39 Å². The smallest absolute Gasteiger partial charge is 0.236 e. The van der Waals surface area contributed by atoms with E-state index in [1.165, 1.54) is 12.1 Å². The van der Waals surface area contributed by atoms with Crippen molar-refractivity contribution in [1.82, 2.24) is 15.5 Å². The van der Waals surface area contributed by atoms with Crippen LogP contribution in [0, 0.1) is 5.82 Å². The molecule has 0 bridgehead atoms. The van der Waals surface area contributed by atoms with Crippen LogP contribution in [0.5, 0.6) is 0 Å². The van der Waals surface area contributed by atoms with Crippen molar-refractivity contribution in [2.24, 2.45) is 0 Å². The minimum atomic E-state index is -0.518. The first-order valence-corrected chi connectivity index (χ1v) is 6.70. The molecule has 2 aromatic rings. The number of benzene rings is 1. The lowest BCUT2D eigenvalue weighted by atomic mass is 9.84. The molecule has 0 saturated carbocycles. The lowest BCUT2D eigenvalue weighted by Crippen LogP contribution is -2.24. The van der Waals surface area contributed by atoms with E-state index in [1.807, 2.05) is 33.9 Å². The number of hydrogen-bond acceptors (Lipinski definition) is 4. The van der Waals surface area contributed by atoms with Crippen molar-refractivity contribution < 1.29 is 8.91 Å². The Labute approximate surface area is 118 Å². The molecule has 0 aliphatic rings. The Morgan fingerprint density at radius 1 is 1.40 bits per heavy atom. The summed E-state index contributed by atoms with van der Waals surface area (Å²) in [6.45, 7) is 5.94. The minimum Gasteiger partial charge on any atom is -0.338 e. The summed E-state index contributed by atoms with van der Waals surface area (Å²) in [6, 6.07) is 6.75. The van der Waals surface area contributed by atoms with E-state index in [4.69, 9.17) is 4.52 Å². The van der Waals surface area contributed by atoms with Crippen molar-refractivity contribution in [3.63, 3.8) is 0 Å². The van der Waals surface area contributed by atoms with Gasteiger partial charge in [0.25, 0.3) is 0 Å². The first kappa shape index (κ1) is 14.7. The van der Waals surface area contributed by atoms with Crippen LogP contribution in [0.25, 0.3) is 0 Å². The van der Waals surface area contributed by atoms with Gasteiger partial charge in [0.15, 0.2) is 5.82 Å². The molecule has 1 N–H and O–H groups in total. The average Bonchev–Trinajstić information content (AvgIpc) is 2.87. The third-order valence-corrected chi connectivity index (χ3v) is 3.53. The first-order chi connectivity index (χ1) is 9.43. The summed E-state index contributed by atoms with van der Waals surface area (Å²) in [4.78, 5) is 4.44. The van der Waals surface area contributed by atoms with Crippen molar-refractivity contribution in [3.8, 4) is 0 Å².